The minimum atomic E-state index is -0.114. The zero-order chi connectivity index (χ0) is 17.6. The molecule has 1 atom stereocenters. The number of nitrogens with one attached hydrogen (secondary N) is 1. The molecule has 25 heavy (non-hydrogen) atoms. The number of benzene rings is 2. The first-order valence-electron chi connectivity index (χ1n) is 8.53. The molecule has 2 aromatic rings. The second kappa shape index (κ2) is 8.14. The first-order valence-corrected chi connectivity index (χ1v) is 8.53. The predicted octanol–water partition coefficient (Wildman–Crippen LogP) is 1.90. The number of ether oxygens (including phenoxy) is 1. The minimum absolute atomic E-state index is 0.0166. The van der Waals surface area contributed by atoms with Crippen LogP contribution in [0.25, 0.3) is 0 Å². The van der Waals surface area contributed by atoms with Crippen LogP contribution in [0.5, 0.6) is 5.75 Å². The van der Waals surface area contributed by atoms with Crippen LogP contribution in [0, 0.1) is 0 Å². The van der Waals surface area contributed by atoms with Crippen LogP contribution in [-0.2, 0) is 17.8 Å². The van der Waals surface area contributed by atoms with Crippen molar-refractivity contribution in [3.63, 3.8) is 0 Å². The molecule has 0 spiro atoms. The van der Waals surface area contributed by atoms with Crippen molar-refractivity contribution in [2.75, 3.05) is 26.8 Å². The molecule has 1 amide bonds. The first-order chi connectivity index (χ1) is 12.2. The van der Waals surface area contributed by atoms with E-state index < -0.39 is 0 Å². The monoisotopic (exact) mass is 340 g/mol. The summed E-state index contributed by atoms with van der Waals surface area (Å²) in [7, 11) is 1.63. The summed E-state index contributed by atoms with van der Waals surface area (Å²) in [4.78, 5) is 14.4. The third-order valence-corrected chi connectivity index (χ3v) is 4.69. The zero-order valence-electron chi connectivity index (χ0n) is 14.4. The highest BCUT2D eigenvalue weighted by molar-refractivity contribution is 5.78. The van der Waals surface area contributed by atoms with Gasteiger partial charge in [-0.1, -0.05) is 36.4 Å². The number of carbonyl (C=O) groups excluding carboxylic acids is 1. The first kappa shape index (κ1) is 17.5. The second-order valence-electron chi connectivity index (χ2n) is 6.24. The summed E-state index contributed by atoms with van der Waals surface area (Å²) in [6.45, 7) is 1.56. The van der Waals surface area contributed by atoms with Crippen LogP contribution in [0.15, 0.2) is 48.5 Å². The van der Waals surface area contributed by atoms with Crippen molar-refractivity contribution < 1.29 is 14.6 Å². The molecule has 0 radical (unpaired) electrons. The normalized spacial score (nSPS) is 17.0. The van der Waals surface area contributed by atoms with Crippen LogP contribution in [0.1, 0.15) is 22.7 Å². The van der Waals surface area contributed by atoms with Gasteiger partial charge in [0.25, 0.3) is 0 Å². The molecule has 0 saturated carbocycles. The second-order valence-corrected chi connectivity index (χ2v) is 6.24. The van der Waals surface area contributed by atoms with Gasteiger partial charge in [-0.15, -0.1) is 0 Å². The van der Waals surface area contributed by atoms with Gasteiger partial charge in [0.15, 0.2) is 0 Å². The maximum atomic E-state index is 12.3. The van der Waals surface area contributed by atoms with E-state index in [1.807, 2.05) is 47.4 Å². The van der Waals surface area contributed by atoms with Gasteiger partial charge in [0.2, 0.25) is 5.91 Å². The molecule has 0 aromatic heterocycles. The number of amides is 1. The average Bonchev–Trinajstić information content (AvgIpc) is 2.66. The molecular formula is C20H24N2O3. The van der Waals surface area contributed by atoms with Gasteiger partial charge in [-0.05, 0) is 35.2 Å². The average molecular weight is 340 g/mol. The largest absolute Gasteiger partial charge is 0.497 e. The number of carbonyl (C=O) groups is 1. The Morgan fingerprint density at radius 3 is 2.72 bits per heavy atom. The van der Waals surface area contributed by atoms with Crippen molar-refractivity contribution in [1.29, 1.82) is 0 Å². The summed E-state index contributed by atoms with van der Waals surface area (Å²) in [6, 6.07) is 15.7. The Morgan fingerprint density at radius 1 is 1.24 bits per heavy atom. The summed E-state index contributed by atoms with van der Waals surface area (Å²) < 4.78 is 5.13. The smallest absolute Gasteiger partial charge is 0.234 e. The van der Waals surface area contributed by atoms with Crippen LogP contribution in [0.4, 0.5) is 0 Å². The van der Waals surface area contributed by atoms with Crippen LogP contribution < -0.4 is 10.1 Å². The molecule has 0 bridgehead atoms. The number of rotatable bonds is 6. The van der Waals surface area contributed by atoms with Crippen molar-refractivity contribution in [1.82, 2.24) is 10.2 Å². The molecule has 1 heterocycles. The number of nitrogens with zero attached hydrogens (tertiary/aromatic N) is 1. The summed E-state index contributed by atoms with van der Waals surface area (Å²) >= 11 is 0. The van der Waals surface area contributed by atoms with Crippen LogP contribution >= 0.6 is 0 Å². The fourth-order valence-electron chi connectivity index (χ4n) is 3.29. The molecular weight excluding hydrogens is 316 g/mol. The molecule has 5 heteroatoms. The molecule has 5 nitrogen and oxygen atoms in total. The molecule has 132 valence electrons. The molecule has 0 aliphatic carbocycles. The molecule has 3 rings (SSSR count). The summed E-state index contributed by atoms with van der Waals surface area (Å²) in [6.07, 6.45) is 0.901. The number of hydrogen-bond acceptors (Lipinski definition) is 4. The van der Waals surface area contributed by atoms with Crippen molar-refractivity contribution >= 4 is 5.91 Å². The molecule has 1 aliphatic heterocycles. The van der Waals surface area contributed by atoms with E-state index >= 15 is 0 Å². The fraction of sp³-hybridized carbons (Fsp3) is 0.350. The third-order valence-electron chi connectivity index (χ3n) is 4.69. The third kappa shape index (κ3) is 4.18. The highest BCUT2D eigenvalue weighted by atomic mass is 16.5. The maximum absolute atomic E-state index is 12.3. The van der Waals surface area contributed by atoms with Crippen LogP contribution in [0.2, 0.25) is 0 Å². The van der Waals surface area contributed by atoms with Crippen molar-refractivity contribution in [2.45, 2.75) is 19.0 Å². The van der Waals surface area contributed by atoms with E-state index in [0.29, 0.717) is 6.54 Å². The van der Waals surface area contributed by atoms with Gasteiger partial charge in [-0.3, -0.25) is 9.69 Å². The standard InChI is InChI=1S/C20H24N2O3/c1-25-17-8-6-15(7-9-17)12-21-20(24)13-22-11-10-16-4-2-3-5-18(16)19(22)14-23/h2-9,19,23H,10-14H2,1H3,(H,21,24). The lowest BCUT2D eigenvalue weighted by atomic mass is 9.93. The van der Waals surface area contributed by atoms with Gasteiger partial charge >= 0.3 is 0 Å². The van der Waals surface area contributed by atoms with E-state index in [9.17, 15) is 9.90 Å². The Bertz CT molecular complexity index is 715. The van der Waals surface area contributed by atoms with Gasteiger partial charge in [-0.2, -0.15) is 0 Å². The van der Waals surface area contributed by atoms with Gasteiger partial charge in [-0.25, -0.2) is 0 Å². The fourth-order valence-corrected chi connectivity index (χ4v) is 3.29. The minimum Gasteiger partial charge on any atom is -0.497 e. The molecule has 0 fully saturated rings. The van der Waals surface area contributed by atoms with Gasteiger partial charge in [0, 0.05) is 13.1 Å². The van der Waals surface area contributed by atoms with Gasteiger partial charge in [0.1, 0.15) is 5.75 Å². The molecule has 1 aliphatic rings. The number of aliphatic hydroxyl groups excluding tert-OH is 1. The molecule has 2 N–H and O–H groups in total. The van der Waals surface area contributed by atoms with Gasteiger partial charge in [0.05, 0.1) is 26.3 Å². The Morgan fingerprint density at radius 2 is 2.00 bits per heavy atom. The highest BCUT2D eigenvalue weighted by Gasteiger charge is 2.27. The highest BCUT2D eigenvalue weighted by Crippen LogP contribution is 2.28. The molecule has 0 saturated heterocycles. The maximum Gasteiger partial charge on any atom is 0.234 e. The number of fused-ring (bicyclic) bond motifs is 1. The van der Waals surface area contributed by atoms with E-state index in [4.69, 9.17) is 4.74 Å². The van der Waals surface area contributed by atoms with E-state index in [1.165, 1.54) is 5.56 Å². The van der Waals surface area contributed by atoms with Crippen molar-refractivity contribution in [2.24, 2.45) is 0 Å². The topological polar surface area (TPSA) is 61.8 Å². The van der Waals surface area contributed by atoms with E-state index in [0.717, 1.165) is 29.8 Å². The summed E-state index contributed by atoms with van der Waals surface area (Å²) in [5, 5.41) is 12.7. The van der Waals surface area contributed by atoms with E-state index in [2.05, 4.69) is 11.4 Å². The Balaban J connectivity index is 1.57. The van der Waals surface area contributed by atoms with Gasteiger partial charge < -0.3 is 15.2 Å². The lowest BCUT2D eigenvalue weighted by Crippen LogP contribution is -2.43. The molecule has 1 unspecified atom stereocenters. The quantitative estimate of drug-likeness (QED) is 0.843. The van der Waals surface area contributed by atoms with E-state index in [1.54, 1.807) is 7.11 Å². The predicted molar refractivity (Wildman–Crippen MR) is 96.4 cm³/mol. The molecule has 2 aromatic carbocycles. The Labute approximate surface area is 148 Å². The number of aliphatic hydroxyl groups is 1. The van der Waals surface area contributed by atoms with E-state index in [-0.39, 0.29) is 25.1 Å². The Kier molecular flexibility index (Phi) is 5.68. The number of hydrogen-bond donors (Lipinski definition) is 2. The van der Waals surface area contributed by atoms with Crippen LogP contribution in [-0.4, -0.2) is 42.7 Å². The zero-order valence-corrected chi connectivity index (χ0v) is 14.4. The van der Waals surface area contributed by atoms with Crippen molar-refractivity contribution in [3.05, 3.63) is 65.2 Å². The lowest BCUT2D eigenvalue weighted by molar-refractivity contribution is -0.123. The summed E-state index contributed by atoms with van der Waals surface area (Å²) in [5.74, 6) is 0.765. The number of methoxy groups -OCH3 is 1. The van der Waals surface area contributed by atoms with Crippen molar-refractivity contribution in [3.8, 4) is 5.75 Å². The SMILES string of the molecule is COc1ccc(CNC(=O)CN2CCc3ccccc3C2CO)cc1. The Hall–Kier alpha value is -2.37. The summed E-state index contributed by atoms with van der Waals surface area (Å²) in [5.41, 5.74) is 3.41. The lowest BCUT2D eigenvalue weighted by Gasteiger charge is -2.35. The van der Waals surface area contributed by atoms with Crippen LogP contribution in [0.3, 0.4) is 0 Å².